The summed E-state index contributed by atoms with van der Waals surface area (Å²) in [5.41, 5.74) is 1.88. The number of nitrogens with one attached hydrogen (secondary N) is 2. The Morgan fingerprint density at radius 2 is 2.11 bits per heavy atom. The molecule has 0 saturated heterocycles. The van der Waals surface area contributed by atoms with Crippen molar-refractivity contribution in [2.75, 3.05) is 17.2 Å². The van der Waals surface area contributed by atoms with Gasteiger partial charge in [0.15, 0.2) is 0 Å². The first-order valence-corrected chi connectivity index (χ1v) is 6.33. The summed E-state index contributed by atoms with van der Waals surface area (Å²) in [4.78, 5) is 16.1. The van der Waals surface area contributed by atoms with Crippen LogP contribution in [0.1, 0.15) is 17.4 Å². The van der Waals surface area contributed by atoms with E-state index in [1.165, 1.54) is 0 Å². The molecule has 0 radical (unpaired) electrons. The van der Waals surface area contributed by atoms with Crippen molar-refractivity contribution in [2.24, 2.45) is 0 Å². The van der Waals surface area contributed by atoms with Crippen LogP contribution in [0, 0.1) is 0 Å². The standard InChI is InChI=1S/C14H14ClN3O/c1-2-16-11-6-7-17-13(9-11)14(19)18-12-5-3-4-10(15)8-12/h3-9H,2H2,1H3,(H,16,17)(H,18,19). The average molecular weight is 276 g/mol. The normalized spacial score (nSPS) is 10.0. The molecule has 0 unspecified atom stereocenters. The van der Waals surface area contributed by atoms with E-state index >= 15 is 0 Å². The summed E-state index contributed by atoms with van der Waals surface area (Å²) in [5, 5.41) is 6.47. The Kier molecular flexibility index (Phi) is 4.36. The lowest BCUT2D eigenvalue weighted by molar-refractivity contribution is 0.102. The monoisotopic (exact) mass is 275 g/mol. The van der Waals surface area contributed by atoms with Crippen LogP contribution >= 0.6 is 11.6 Å². The molecule has 2 N–H and O–H groups in total. The maximum atomic E-state index is 12.0. The fourth-order valence-electron chi connectivity index (χ4n) is 1.63. The summed E-state index contributed by atoms with van der Waals surface area (Å²) < 4.78 is 0. The molecular formula is C14H14ClN3O. The maximum Gasteiger partial charge on any atom is 0.274 e. The van der Waals surface area contributed by atoms with Crippen LogP contribution in [0.4, 0.5) is 11.4 Å². The molecule has 0 aliphatic heterocycles. The highest BCUT2D eigenvalue weighted by Crippen LogP contribution is 2.16. The summed E-state index contributed by atoms with van der Waals surface area (Å²) in [5.74, 6) is -0.262. The second-order valence-electron chi connectivity index (χ2n) is 3.92. The number of benzene rings is 1. The van der Waals surface area contributed by atoms with Crippen molar-refractivity contribution in [1.82, 2.24) is 4.98 Å². The zero-order valence-corrected chi connectivity index (χ0v) is 11.2. The Bertz CT molecular complexity index is 586. The molecule has 0 aliphatic rings. The SMILES string of the molecule is CCNc1ccnc(C(=O)Nc2cccc(Cl)c2)c1. The van der Waals surface area contributed by atoms with Gasteiger partial charge in [0.25, 0.3) is 5.91 Å². The minimum Gasteiger partial charge on any atom is -0.385 e. The lowest BCUT2D eigenvalue weighted by Gasteiger charge is -2.07. The largest absolute Gasteiger partial charge is 0.385 e. The molecule has 0 fully saturated rings. The molecule has 1 heterocycles. The Hall–Kier alpha value is -2.07. The number of carbonyl (C=O) groups is 1. The molecule has 0 atom stereocenters. The number of pyridine rings is 1. The molecular weight excluding hydrogens is 262 g/mol. The fourth-order valence-corrected chi connectivity index (χ4v) is 1.82. The van der Waals surface area contributed by atoms with E-state index in [9.17, 15) is 4.79 Å². The molecule has 1 amide bonds. The predicted molar refractivity (Wildman–Crippen MR) is 77.8 cm³/mol. The van der Waals surface area contributed by atoms with Crippen LogP contribution in [0.25, 0.3) is 0 Å². The summed E-state index contributed by atoms with van der Waals surface area (Å²) in [6, 6.07) is 10.5. The van der Waals surface area contributed by atoms with E-state index in [4.69, 9.17) is 11.6 Å². The Morgan fingerprint density at radius 1 is 1.26 bits per heavy atom. The Morgan fingerprint density at radius 3 is 2.84 bits per heavy atom. The lowest BCUT2D eigenvalue weighted by atomic mass is 10.2. The van der Waals surface area contributed by atoms with Crippen LogP contribution in [-0.2, 0) is 0 Å². The van der Waals surface area contributed by atoms with Gasteiger partial charge in [0.2, 0.25) is 0 Å². The van der Waals surface area contributed by atoms with Crippen LogP contribution < -0.4 is 10.6 Å². The second kappa shape index (κ2) is 6.20. The van der Waals surface area contributed by atoms with E-state index in [1.54, 1.807) is 36.5 Å². The molecule has 98 valence electrons. The summed E-state index contributed by atoms with van der Waals surface area (Å²) >= 11 is 5.86. The first-order valence-electron chi connectivity index (χ1n) is 5.96. The highest BCUT2D eigenvalue weighted by atomic mass is 35.5. The molecule has 19 heavy (non-hydrogen) atoms. The van der Waals surface area contributed by atoms with E-state index in [1.807, 2.05) is 13.0 Å². The Balaban J connectivity index is 2.13. The number of amides is 1. The van der Waals surface area contributed by atoms with Gasteiger partial charge in [0.1, 0.15) is 5.69 Å². The minimum absolute atomic E-state index is 0.262. The second-order valence-corrected chi connectivity index (χ2v) is 4.36. The number of halogens is 1. The lowest BCUT2D eigenvalue weighted by Crippen LogP contribution is -2.14. The number of carbonyl (C=O) groups excluding carboxylic acids is 1. The van der Waals surface area contributed by atoms with Gasteiger partial charge in [-0.3, -0.25) is 9.78 Å². The fraction of sp³-hybridized carbons (Fsp3) is 0.143. The molecule has 5 heteroatoms. The van der Waals surface area contributed by atoms with E-state index in [0.29, 0.717) is 16.4 Å². The van der Waals surface area contributed by atoms with Crippen molar-refractivity contribution < 1.29 is 4.79 Å². The van der Waals surface area contributed by atoms with Gasteiger partial charge in [0.05, 0.1) is 0 Å². The molecule has 2 rings (SSSR count). The van der Waals surface area contributed by atoms with Gasteiger partial charge in [-0.25, -0.2) is 0 Å². The number of anilines is 2. The molecule has 0 aliphatic carbocycles. The zero-order chi connectivity index (χ0) is 13.7. The molecule has 1 aromatic heterocycles. The van der Waals surface area contributed by atoms with Crippen molar-refractivity contribution in [3.05, 3.63) is 53.3 Å². The van der Waals surface area contributed by atoms with Gasteiger partial charge in [-0.05, 0) is 37.3 Å². The minimum atomic E-state index is -0.262. The van der Waals surface area contributed by atoms with E-state index < -0.39 is 0 Å². The van der Waals surface area contributed by atoms with Gasteiger partial charge in [-0.15, -0.1) is 0 Å². The van der Waals surface area contributed by atoms with Crippen molar-refractivity contribution in [3.8, 4) is 0 Å². The van der Waals surface area contributed by atoms with Gasteiger partial charge in [-0.1, -0.05) is 17.7 Å². The molecule has 0 bridgehead atoms. The average Bonchev–Trinajstić information content (AvgIpc) is 2.39. The first-order chi connectivity index (χ1) is 9.19. The number of aromatic nitrogens is 1. The smallest absolute Gasteiger partial charge is 0.274 e. The van der Waals surface area contributed by atoms with Crippen LogP contribution in [0.3, 0.4) is 0 Å². The number of hydrogen-bond acceptors (Lipinski definition) is 3. The summed E-state index contributed by atoms with van der Waals surface area (Å²) in [7, 11) is 0. The topological polar surface area (TPSA) is 54.0 Å². The van der Waals surface area contributed by atoms with Gasteiger partial charge >= 0.3 is 0 Å². The molecule has 2 aromatic rings. The van der Waals surface area contributed by atoms with E-state index in [2.05, 4.69) is 15.6 Å². The molecule has 0 spiro atoms. The van der Waals surface area contributed by atoms with Crippen molar-refractivity contribution in [2.45, 2.75) is 6.92 Å². The summed E-state index contributed by atoms with van der Waals surface area (Å²) in [6.45, 7) is 2.78. The number of nitrogens with zero attached hydrogens (tertiary/aromatic N) is 1. The van der Waals surface area contributed by atoms with Crippen molar-refractivity contribution in [1.29, 1.82) is 0 Å². The van der Waals surface area contributed by atoms with Crippen LogP contribution in [0.15, 0.2) is 42.6 Å². The highest BCUT2D eigenvalue weighted by Gasteiger charge is 2.08. The molecule has 4 nitrogen and oxygen atoms in total. The predicted octanol–water partition coefficient (Wildman–Crippen LogP) is 3.42. The van der Waals surface area contributed by atoms with E-state index in [-0.39, 0.29) is 5.91 Å². The van der Waals surface area contributed by atoms with Crippen LogP contribution in [0.2, 0.25) is 5.02 Å². The maximum absolute atomic E-state index is 12.0. The van der Waals surface area contributed by atoms with Crippen LogP contribution in [-0.4, -0.2) is 17.4 Å². The first kappa shape index (κ1) is 13.4. The number of hydrogen-bond donors (Lipinski definition) is 2. The quantitative estimate of drug-likeness (QED) is 0.899. The van der Waals surface area contributed by atoms with Gasteiger partial charge in [0, 0.05) is 29.1 Å². The highest BCUT2D eigenvalue weighted by molar-refractivity contribution is 6.30. The van der Waals surface area contributed by atoms with Crippen molar-refractivity contribution >= 4 is 28.9 Å². The Labute approximate surface area is 116 Å². The van der Waals surface area contributed by atoms with Crippen molar-refractivity contribution in [3.63, 3.8) is 0 Å². The zero-order valence-electron chi connectivity index (χ0n) is 10.5. The van der Waals surface area contributed by atoms with Crippen LogP contribution in [0.5, 0.6) is 0 Å². The molecule has 0 saturated carbocycles. The third-order valence-corrected chi connectivity index (χ3v) is 2.69. The van der Waals surface area contributed by atoms with Gasteiger partial charge in [-0.2, -0.15) is 0 Å². The summed E-state index contributed by atoms with van der Waals surface area (Å²) in [6.07, 6.45) is 1.60. The van der Waals surface area contributed by atoms with Gasteiger partial charge < -0.3 is 10.6 Å². The number of rotatable bonds is 4. The molecule has 1 aromatic carbocycles. The van der Waals surface area contributed by atoms with E-state index in [0.717, 1.165) is 12.2 Å². The third-order valence-electron chi connectivity index (χ3n) is 2.46. The third kappa shape index (κ3) is 3.69.